The Labute approximate surface area is 202 Å². The lowest BCUT2D eigenvalue weighted by Gasteiger charge is -2.26. The van der Waals surface area contributed by atoms with Gasteiger partial charge in [0.1, 0.15) is 11.5 Å². The van der Waals surface area contributed by atoms with Crippen LogP contribution >= 0.6 is 0 Å². The standard InChI is InChI=1S/C25H28FN7O2/c1-13(8-9-15(3)32(5)24(35)21-18(16(4)34)7-6-10-28-21)22-30-23-19-12-17(26)11-14(2)20(19)29-25(27)33(23)31-22/h6-7,10-13,15H,8-9H2,1-5H3,(H2,27,29)/t13-,15-/m0/s1. The summed E-state index contributed by atoms with van der Waals surface area (Å²) in [4.78, 5) is 39.7. The normalized spacial score (nSPS) is 13.2. The lowest BCUT2D eigenvalue weighted by atomic mass is 10.0. The summed E-state index contributed by atoms with van der Waals surface area (Å²) in [6.07, 6.45) is 2.87. The number of hydrogen-bond acceptors (Lipinski definition) is 7. The Balaban J connectivity index is 1.52. The minimum atomic E-state index is -0.372. The molecule has 0 radical (unpaired) electrons. The van der Waals surface area contributed by atoms with Crippen molar-refractivity contribution >= 4 is 34.2 Å². The largest absolute Gasteiger partial charge is 0.368 e. The summed E-state index contributed by atoms with van der Waals surface area (Å²) < 4.78 is 15.5. The number of fused-ring (bicyclic) bond motifs is 3. The first-order chi connectivity index (χ1) is 16.6. The Hall–Kier alpha value is -3.95. The van der Waals surface area contributed by atoms with E-state index in [1.54, 1.807) is 31.0 Å². The molecular formula is C25H28FN7O2. The maximum absolute atomic E-state index is 14.1. The van der Waals surface area contributed by atoms with Crippen LogP contribution in [0.15, 0.2) is 30.5 Å². The average molecular weight is 478 g/mol. The second-order valence-corrected chi connectivity index (χ2v) is 8.99. The van der Waals surface area contributed by atoms with Crippen LogP contribution in [0, 0.1) is 12.7 Å². The third-order valence-corrected chi connectivity index (χ3v) is 6.40. The maximum Gasteiger partial charge on any atom is 0.273 e. The summed E-state index contributed by atoms with van der Waals surface area (Å²) in [5.41, 5.74) is 8.30. The van der Waals surface area contributed by atoms with Crippen LogP contribution in [-0.2, 0) is 0 Å². The van der Waals surface area contributed by atoms with Crippen molar-refractivity contribution in [2.45, 2.75) is 52.5 Å². The van der Waals surface area contributed by atoms with Gasteiger partial charge < -0.3 is 10.6 Å². The molecule has 35 heavy (non-hydrogen) atoms. The summed E-state index contributed by atoms with van der Waals surface area (Å²) in [6.45, 7) is 7.13. The number of halogens is 1. The van der Waals surface area contributed by atoms with Gasteiger partial charge in [-0.1, -0.05) is 6.92 Å². The number of Topliss-reactive ketones (excluding diaryl/α,β-unsaturated/α-hetero) is 1. The fourth-order valence-corrected chi connectivity index (χ4v) is 4.13. The summed E-state index contributed by atoms with van der Waals surface area (Å²) in [7, 11) is 1.70. The molecule has 0 saturated carbocycles. The molecule has 10 heteroatoms. The number of hydrogen-bond donors (Lipinski definition) is 1. The van der Waals surface area contributed by atoms with E-state index in [0.717, 1.165) is 0 Å². The van der Waals surface area contributed by atoms with Gasteiger partial charge in [-0.15, -0.1) is 5.10 Å². The highest BCUT2D eigenvalue weighted by Crippen LogP contribution is 2.27. The predicted molar refractivity (Wildman–Crippen MR) is 131 cm³/mol. The first-order valence-corrected chi connectivity index (χ1v) is 11.4. The van der Waals surface area contributed by atoms with Gasteiger partial charge in [-0.2, -0.15) is 4.52 Å². The highest BCUT2D eigenvalue weighted by molar-refractivity contribution is 6.05. The second-order valence-electron chi connectivity index (χ2n) is 8.99. The van der Waals surface area contributed by atoms with Gasteiger partial charge >= 0.3 is 0 Å². The second kappa shape index (κ2) is 9.36. The van der Waals surface area contributed by atoms with Gasteiger partial charge in [0.25, 0.3) is 5.91 Å². The van der Waals surface area contributed by atoms with E-state index < -0.39 is 0 Å². The molecule has 0 fully saturated rings. The molecule has 182 valence electrons. The number of carbonyl (C=O) groups excluding carboxylic acids is 2. The van der Waals surface area contributed by atoms with E-state index in [4.69, 9.17) is 5.73 Å². The van der Waals surface area contributed by atoms with Crippen molar-refractivity contribution in [2.24, 2.45) is 0 Å². The molecular weight excluding hydrogens is 449 g/mol. The number of nitrogens with zero attached hydrogens (tertiary/aromatic N) is 6. The van der Waals surface area contributed by atoms with Gasteiger partial charge in [-0.25, -0.2) is 14.4 Å². The topological polar surface area (TPSA) is 119 Å². The average Bonchev–Trinajstić information content (AvgIpc) is 3.29. The van der Waals surface area contributed by atoms with Gasteiger partial charge in [0.15, 0.2) is 17.3 Å². The van der Waals surface area contributed by atoms with Crippen molar-refractivity contribution in [2.75, 3.05) is 12.8 Å². The van der Waals surface area contributed by atoms with Crippen LogP contribution in [0.3, 0.4) is 0 Å². The molecule has 4 rings (SSSR count). The minimum Gasteiger partial charge on any atom is -0.368 e. The number of benzene rings is 1. The third kappa shape index (κ3) is 4.55. The molecule has 1 amide bonds. The van der Waals surface area contributed by atoms with E-state index in [2.05, 4.69) is 20.1 Å². The summed E-state index contributed by atoms with van der Waals surface area (Å²) in [6, 6.07) is 5.93. The zero-order chi connectivity index (χ0) is 25.4. The van der Waals surface area contributed by atoms with E-state index >= 15 is 0 Å². The number of anilines is 1. The summed E-state index contributed by atoms with van der Waals surface area (Å²) in [5.74, 6) is -0.174. The van der Waals surface area contributed by atoms with E-state index in [9.17, 15) is 14.0 Å². The molecule has 0 aliphatic rings. The Morgan fingerprint density at radius 1 is 1.20 bits per heavy atom. The van der Waals surface area contributed by atoms with E-state index in [-0.39, 0.29) is 41.1 Å². The molecule has 2 N–H and O–H groups in total. The van der Waals surface area contributed by atoms with Gasteiger partial charge in [0.05, 0.1) is 5.52 Å². The zero-order valence-electron chi connectivity index (χ0n) is 20.4. The quantitative estimate of drug-likeness (QED) is 0.400. The maximum atomic E-state index is 14.1. The molecule has 0 aliphatic heterocycles. The van der Waals surface area contributed by atoms with Crippen molar-refractivity contribution in [1.29, 1.82) is 0 Å². The molecule has 3 aromatic heterocycles. The number of carbonyl (C=O) groups is 2. The highest BCUT2D eigenvalue weighted by Gasteiger charge is 2.24. The Bertz CT molecular complexity index is 1450. The zero-order valence-corrected chi connectivity index (χ0v) is 20.4. The van der Waals surface area contributed by atoms with E-state index in [1.165, 1.54) is 29.8 Å². The number of pyridine rings is 1. The molecule has 4 aromatic rings. The van der Waals surface area contributed by atoms with Crippen molar-refractivity contribution in [3.63, 3.8) is 0 Å². The van der Waals surface area contributed by atoms with Crippen molar-refractivity contribution in [3.8, 4) is 0 Å². The van der Waals surface area contributed by atoms with Crippen molar-refractivity contribution in [3.05, 3.63) is 58.9 Å². The monoisotopic (exact) mass is 477 g/mol. The first-order valence-electron chi connectivity index (χ1n) is 11.4. The fraction of sp³-hybridized carbons (Fsp3) is 0.360. The molecule has 1 aromatic carbocycles. The molecule has 3 heterocycles. The van der Waals surface area contributed by atoms with Gasteiger partial charge in [-0.05, 0) is 63.4 Å². The van der Waals surface area contributed by atoms with Crippen LogP contribution in [0.1, 0.15) is 71.8 Å². The van der Waals surface area contributed by atoms with Crippen LogP contribution in [0.25, 0.3) is 16.6 Å². The minimum absolute atomic E-state index is 0.0485. The number of amides is 1. The Kier molecular flexibility index (Phi) is 6.47. The van der Waals surface area contributed by atoms with Crippen LogP contribution in [0.4, 0.5) is 10.3 Å². The SMILES string of the molecule is CC(=O)c1cccnc1C(=O)N(C)[C@@H](C)CC[C@H](C)c1nc2c3cc(F)cc(C)c3nc(N)n2n1. The highest BCUT2D eigenvalue weighted by atomic mass is 19.1. The summed E-state index contributed by atoms with van der Waals surface area (Å²) >= 11 is 0. The predicted octanol–water partition coefficient (Wildman–Crippen LogP) is 3.95. The lowest BCUT2D eigenvalue weighted by molar-refractivity contribution is 0.0723. The van der Waals surface area contributed by atoms with Crippen molar-refractivity contribution < 1.29 is 14.0 Å². The number of aromatic nitrogens is 5. The number of rotatable bonds is 7. The van der Waals surface area contributed by atoms with Gasteiger partial charge in [0.2, 0.25) is 5.95 Å². The van der Waals surface area contributed by atoms with E-state index in [1.807, 2.05) is 13.8 Å². The summed E-state index contributed by atoms with van der Waals surface area (Å²) in [5, 5.41) is 5.08. The number of nitrogen functional groups attached to an aromatic ring is 1. The van der Waals surface area contributed by atoms with E-state index in [0.29, 0.717) is 46.3 Å². The van der Waals surface area contributed by atoms with Crippen LogP contribution in [0.2, 0.25) is 0 Å². The fourth-order valence-electron chi connectivity index (χ4n) is 4.13. The number of ketones is 1. The molecule has 0 spiro atoms. The molecule has 0 unspecified atom stereocenters. The van der Waals surface area contributed by atoms with Crippen molar-refractivity contribution in [1.82, 2.24) is 29.5 Å². The lowest BCUT2D eigenvalue weighted by Crippen LogP contribution is -2.36. The molecule has 0 aliphatic carbocycles. The molecule has 0 saturated heterocycles. The number of nitrogens with two attached hydrogens (primary N) is 1. The molecule has 9 nitrogen and oxygen atoms in total. The third-order valence-electron chi connectivity index (χ3n) is 6.40. The Morgan fingerprint density at radius 3 is 2.66 bits per heavy atom. The van der Waals surface area contributed by atoms with Gasteiger partial charge in [0, 0.05) is 36.2 Å². The Morgan fingerprint density at radius 2 is 1.94 bits per heavy atom. The van der Waals surface area contributed by atoms with Crippen LogP contribution in [-0.4, -0.2) is 54.2 Å². The van der Waals surface area contributed by atoms with Crippen LogP contribution < -0.4 is 5.73 Å². The number of aryl methyl sites for hydroxylation is 1. The molecule has 2 atom stereocenters. The van der Waals surface area contributed by atoms with Crippen LogP contribution in [0.5, 0.6) is 0 Å². The molecule has 0 bridgehead atoms. The van der Waals surface area contributed by atoms with Gasteiger partial charge in [-0.3, -0.25) is 14.6 Å². The smallest absolute Gasteiger partial charge is 0.273 e. The first kappa shape index (κ1) is 24.2.